The second-order valence-corrected chi connectivity index (χ2v) is 6.22. The molecule has 0 amide bonds. The maximum atomic E-state index is 5.86. The van der Waals surface area contributed by atoms with Crippen LogP contribution >= 0.6 is 22.7 Å². The number of imidazole rings is 1. The Morgan fingerprint density at radius 2 is 2.38 bits per heavy atom. The third kappa shape index (κ3) is 3.47. The van der Waals surface area contributed by atoms with Crippen LogP contribution in [0.25, 0.3) is 11.4 Å². The number of H-pyrrole nitrogens is 1. The van der Waals surface area contributed by atoms with E-state index in [0.29, 0.717) is 17.6 Å². The van der Waals surface area contributed by atoms with Crippen molar-refractivity contribution >= 4 is 33.8 Å². The lowest BCUT2D eigenvalue weighted by Crippen LogP contribution is -2.22. The molecular weight excluding hydrogens is 304 g/mol. The zero-order valence-electron chi connectivity index (χ0n) is 11.3. The highest BCUT2D eigenvalue weighted by Gasteiger charge is 2.07. The number of hydrogen-bond donors (Lipinski definition) is 3. The second-order valence-electron chi connectivity index (χ2n) is 4.33. The van der Waals surface area contributed by atoms with Gasteiger partial charge in [0.2, 0.25) is 0 Å². The molecule has 0 radical (unpaired) electrons. The first-order chi connectivity index (χ1) is 10.2. The number of aromatic amines is 1. The average molecular weight is 318 g/mol. The molecule has 0 saturated heterocycles. The number of nitrogens with two attached hydrogens (primary N) is 1. The third-order valence-corrected chi connectivity index (χ3v) is 4.32. The number of thiazole rings is 1. The third-order valence-electron chi connectivity index (χ3n) is 2.70. The van der Waals surface area contributed by atoms with Crippen LogP contribution in [0, 0.1) is 6.92 Å². The van der Waals surface area contributed by atoms with E-state index in [0.717, 1.165) is 17.2 Å². The molecule has 3 aromatic rings. The van der Waals surface area contributed by atoms with Crippen LogP contribution in [0.4, 0.5) is 5.13 Å². The lowest BCUT2D eigenvalue weighted by Gasteiger charge is -2.00. The van der Waals surface area contributed by atoms with E-state index < -0.39 is 0 Å². The Morgan fingerprint density at radius 3 is 3.10 bits per heavy atom. The number of nitrogens with one attached hydrogen (secondary N) is 2. The fraction of sp³-hybridized carbons (Fsp3) is 0.154. The van der Waals surface area contributed by atoms with Gasteiger partial charge in [0, 0.05) is 10.3 Å². The standard InChI is InChI=1S/C13H14N6S2/c1-8-15-6-10(17-8)11-7-21-13(18-11)19-12(14)16-5-9-3-2-4-20-9/h2-4,6-7H,5H2,1H3,(H,15,17)(H3,14,16,18,19). The van der Waals surface area contributed by atoms with Crippen molar-refractivity contribution in [3.8, 4) is 11.4 Å². The summed E-state index contributed by atoms with van der Waals surface area (Å²) in [5.41, 5.74) is 7.60. The van der Waals surface area contributed by atoms with Crippen LogP contribution in [0.2, 0.25) is 0 Å². The molecule has 0 aromatic carbocycles. The molecule has 3 aromatic heterocycles. The maximum absolute atomic E-state index is 5.86. The minimum absolute atomic E-state index is 0.366. The van der Waals surface area contributed by atoms with E-state index in [4.69, 9.17) is 5.73 Å². The number of rotatable bonds is 4. The lowest BCUT2D eigenvalue weighted by molar-refractivity contribution is 1.09. The van der Waals surface area contributed by atoms with E-state index in [1.807, 2.05) is 29.8 Å². The van der Waals surface area contributed by atoms with Crippen LogP contribution in [0.5, 0.6) is 0 Å². The summed E-state index contributed by atoms with van der Waals surface area (Å²) in [6, 6.07) is 4.03. The topological polar surface area (TPSA) is 92.0 Å². The summed E-state index contributed by atoms with van der Waals surface area (Å²) >= 11 is 3.14. The van der Waals surface area contributed by atoms with Crippen LogP contribution in [0.15, 0.2) is 34.1 Å². The zero-order chi connectivity index (χ0) is 14.7. The molecule has 108 valence electrons. The number of aromatic nitrogens is 3. The molecule has 0 spiro atoms. The molecule has 0 aliphatic rings. The van der Waals surface area contributed by atoms with Gasteiger partial charge in [-0.3, -0.25) is 0 Å². The number of guanidine groups is 1. The van der Waals surface area contributed by atoms with Gasteiger partial charge >= 0.3 is 0 Å². The molecule has 0 aliphatic heterocycles. The first kappa shape index (κ1) is 13.8. The number of aliphatic imine (C=N–C) groups is 1. The summed E-state index contributed by atoms with van der Waals surface area (Å²) in [5, 5.41) is 7.69. The van der Waals surface area contributed by atoms with Gasteiger partial charge in [0.15, 0.2) is 11.1 Å². The van der Waals surface area contributed by atoms with E-state index in [-0.39, 0.29) is 0 Å². The van der Waals surface area contributed by atoms with Crippen LogP contribution in [-0.2, 0) is 6.54 Å². The molecule has 3 heterocycles. The number of thiophene rings is 1. The molecule has 0 unspecified atom stereocenters. The molecular formula is C13H14N6S2. The van der Waals surface area contributed by atoms with Crippen molar-refractivity contribution in [1.82, 2.24) is 15.0 Å². The smallest absolute Gasteiger partial charge is 0.195 e. The molecule has 0 bridgehead atoms. The monoisotopic (exact) mass is 318 g/mol. The van der Waals surface area contributed by atoms with Crippen LogP contribution < -0.4 is 11.1 Å². The minimum Gasteiger partial charge on any atom is -0.370 e. The maximum Gasteiger partial charge on any atom is 0.195 e. The summed E-state index contributed by atoms with van der Waals surface area (Å²) in [6.07, 6.45) is 1.77. The SMILES string of the molecule is Cc1ncc(-c2csc(NC(N)=NCc3cccs3)n2)[nH]1. The van der Waals surface area contributed by atoms with Crippen molar-refractivity contribution in [2.45, 2.75) is 13.5 Å². The predicted octanol–water partition coefficient (Wildman–Crippen LogP) is 2.83. The summed E-state index contributed by atoms with van der Waals surface area (Å²) in [5.74, 6) is 1.23. The van der Waals surface area contributed by atoms with Crippen molar-refractivity contribution in [3.05, 3.63) is 39.8 Å². The highest BCUT2D eigenvalue weighted by molar-refractivity contribution is 7.14. The Kier molecular flexibility index (Phi) is 3.98. The van der Waals surface area contributed by atoms with Gasteiger partial charge in [-0.2, -0.15) is 0 Å². The molecule has 3 rings (SSSR count). The summed E-state index contributed by atoms with van der Waals surface area (Å²) in [6.45, 7) is 2.48. The van der Waals surface area contributed by atoms with Gasteiger partial charge in [-0.05, 0) is 18.4 Å². The van der Waals surface area contributed by atoms with Crippen LogP contribution in [-0.4, -0.2) is 20.9 Å². The van der Waals surface area contributed by atoms with E-state index in [1.165, 1.54) is 16.2 Å². The van der Waals surface area contributed by atoms with Gasteiger partial charge in [0.1, 0.15) is 11.5 Å². The van der Waals surface area contributed by atoms with Crippen LogP contribution in [0.3, 0.4) is 0 Å². The second kappa shape index (κ2) is 6.06. The van der Waals surface area contributed by atoms with Crippen molar-refractivity contribution < 1.29 is 0 Å². The highest BCUT2D eigenvalue weighted by atomic mass is 32.1. The molecule has 0 saturated carbocycles. The van der Waals surface area contributed by atoms with E-state index >= 15 is 0 Å². The molecule has 0 aliphatic carbocycles. The molecule has 6 nitrogen and oxygen atoms in total. The van der Waals surface area contributed by atoms with Crippen molar-refractivity contribution in [2.24, 2.45) is 10.7 Å². The number of anilines is 1. The predicted molar refractivity (Wildman–Crippen MR) is 87.7 cm³/mol. The Bertz CT molecular complexity index is 740. The van der Waals surface area contributed by atoms with Gasteiger partial charge in [0.05, 0.1) is 18.4 Å². The average Bonchev–Trinajstić information content (AvgIpc) is 3.17. The Hall–Kier alpha value is -2.19. The first-order valence-corrected chi connectivity index (χ1v) is 8.03. The molecule has 8 heteroatoms. The zero-order valence-corrected chi connectivity index (χ0v) is 13.0. The van der Waals surface area contributed by atoms with Crippen molar-refractivity contribution in [2.75, 3.05) is 5.32 Å². The Balaban J connectivity index is 1.65. The van der Waals surface area contributed by atoms with Crippen molar-refractivity contribution in [1.29, 1.82) is 0 Å². The van der Waals surface area contributed by atoms with Gasteiger partial charge in [0.25, 0.3) is 0 Å². The number of aryl methyl sites for hydroxylation is 1. The lowest BCUT2D eigenvalue weighted by atomic mass is 10.4. The number of nitrogens with zero attached hydrogens (tertiary/aromatic N) is 3. The fourth-order valence-corrected chi connectivity index (χ4v) is 3.07. The molecule has 0 fully saturated rings. The molecule has 21 heavy (non-hydrogen) atoms. The van der Waals surface area contributed by atoms with E-state index in [1.54, 1.807) is 17.5 Å². The largest absolute Gasteiger partial charge is 0.370 e. The van der Waals surface area contributed by atoms with Gasteiger partial charge in [-0.15, -0.1) is 22.7 Å². The number of hydrogen-bond acceptors (Lipinski definition) is 5. The Labute approximate surface area is 129 Å². The Morgan fingerprint density at radius 1 is 1.48 bits per heavy atom. The van der Waals surface area contributed by atoms with Crippen molar-refractivity contribution in [3.63, 3.8) is 0 Å². The normalized spacial score (nSPS) is 11.8. The summed E-state index contributed by atoms with van der Waals surface area (Å²) < 4.78 is 0. The minimum atomic E-state index is 0.366. The van der Waals surface area contributed by atoms with E-state index in [2.05, 4.69) is 25.3 Å². The molecule has 4 N–H and O–H groups in total. The summed E-state index contributed by atoms with van der Waals surface area (Å²) in [4.78, 5) is 17.2. The van der Waals surface area contributed by atoms with Crippen LogP contribution in [0.1, 0.15) is 10.7 Å². The first-order valence-electron chi connectivity index (χ1n) is 6.27. The fourth-order valence-electron chi connectivity index (χ4n) is 1.72. The van der Waals surface area contributed by atoms with Gasteiger partial charge in [-0.25, -0.2) is 15.0 Å². The van der Waals surface area contributed by atoms with E-state index in [9.17, 15) is 0 Å². The van der Waals surface area contributed by atoms with Gasteiger partial charge in [-0.1, -0.05) is 6.07 Å². The summed E-state index contributed by atoms with van der Waals surface area (Å²) in [7, 11) is 0. The highest BCUT2D eigenvalue weighted by Crippen LogP contribution is 2.23. The molecule has 0 atom stereocenters. The quantitative estimate of drug-likeness (QED) is 0.509. The van der Waals surface area contributed by atoms with Gasteiger partial charge < -0.3 is 16.0 Å².